The molecule has 3 fully saturated rings. The molecule has 3 aliphatic rings. The zero-order chi connectivity index (χ0) is 22.6. The zero-order valence-corrected chi connectivity index (χ0v) is 18.2. The Kier molecular flexibility index (Phi) is 5.56. The number of piperidine rings is 1. The summed E-state index contributed by atoms with van der Waals surface area (Å²) in [6.45, 7) is 9.31. The Hall–Kier alpha value is -1.93. The molecule has 4 atom stereocenters. The van der Waals surface area contributed by atoms with Gasteiger partial charge in [0.25, 0.3) is 0 Å². The number of amides is 2. The van der Waals surface area contributed by atoms with Crippen molar-refractivity contribution in [1.82, 2.24) is 10.2 Å². The van der Waals surface area contributed by atoms with Crippen LogP contribution in [0.4, 0.5) is 13.6 Å². The Morgan fingerprint density at radius 1 is 1.17 bits per heavy atom. The van der Waals surface area contributed by atoms with E-state index in [1.54, 1.807) is 20.8 Å². The van der Waals surface area contributed by atoms with Gasteiger partial charge in [-0.15, -0.1) is 0 Å². The Labute approximate surface area is 175 Å². The van der Waals surface area contributed by atoms with Crippen LogP contribution in [0, 0.1) is 23.2 Å². The second kappa shape index (κ2) is 7.34. The minimum Gasteiger partial charge on any atom is -0.480 e. The average molecular weight is 430 g/mol. The molecule has 1 saturated heterocycles. The molecule has 0 bridgehead atoms. The molecule has 0 spiro atoms. The van der Waals surface area contributed by atoms with Crippen LogP contribution in [0.2, 0.25) is 0 Å². The van der Waals surface area contributed by atoms with E-state index in [9.17, 15) is 28.3 Å². The van der Waals surface area contributed by atoms with E-state index in [1.165, 1.54) is 4.90 Å². The van der Waals surface area contributed by atoms with Crippen LogP contribution in [0.1, 0.15) is 60.3 Å². The van der Waals surface area contributed by atoms with Crippen LogP contribution in [0.25, 0.3) is 0 Å². The highest BCUT2D eigenvalue weighted by atomic mass is 19.3. The fourth-order valence-electron chi connectivity index (χ4n) is 5.19. The minimum atomic E-state index is -2.78. The number of aliphatic carboxylic acids is 1. The van der Waals surface area contributed by atoms with Crippen molar-refractivity contribution in [3.8, 4) is 0 Å². The number of carbonyl (C=O) groups is 3. The third kappa shape index (κ3) is 4.39. The van der Waals surface area contributed by atoms with E-state index < -0.39 is 47.5 Å². The van der Waals surface area contributed by atoms with Crippen LogP contribution >= 0.6 is 0 Å². The second-order valence-electron chi connectivity index (χ2n) is 10.5. The molecular formula is C21H32F2N2O5. The molecule has 2 amide bonds. The number of alkyl halides is 2. The lowest BCUT2D eigenvalue weighted by Crippen LogP contribution is -2.57. The van der Waals surface area contributed by atoms with Gasteiger partial charge in [-0.1, -0.05) is 13.8 Å². The monoisotopic (exact) mass is 430 g/mol. The standard InChI is InChI=1S/C21H32F2N2O5/c1-19(2,3)30-18(29)24-14(11-6-8-21(22,23)9-7-11)16(26)25-10-12-13(20(12,4)5)15(25)17(27)28/h11-15H,6-10H2,1-5H3,(H,24,29)(H,27,28)/t12-,13-,14?,15?/m0/s1. The van der Waals surface area contributed by atoms with Crippen LogP contribution in [-0.2, 0) is 14.3 Å². The van der Waals surface area contributed by atoms with Crippen molar-refractivity contribution < 1.29 is 33.0 Å². The number of nitrogens with zero attached hydrogens (tertiary/aromatic N) is 1. The molecule has 3 rings (SSSR count). The zero-order valence-electron chi connectivity index (χ0n) is 18.2. The van der Waals surface area contributed by atoms with E-state index in [1.807, 2.05) is 13.8 Å². The fraction of sp³-hybridized carbons (Fsp3) is 0.857. The first-order valence-electron chi connectivity index (χ1n) is 10.5. The number of carboxylic acids is 1. The van der Waals surface area contributed by atoms with Crippen molar-refractivity contribution in [3.05, 3.63) is 0 Å². The van der Waals surface area contributed by atoms with Crippen LogP contribution < -0.4 is 5.32 Å². The van der Waals surface area contributed by atoms with Gasteiger partial charge in [-0.2, -0.15) is 0 Å². The van der Waals surface area contributed by atoms with E-state index in [0.717, 1.165) is 0 Å². The number of rotatable bonds is 4. The Balaban J connectivity index is 1.80. The fourth-order valence-corrected chi connectivity index (χ4v) is 5.19. The molecule has 2 saturated carbocycles. The number of hydrogen-bond acceptors (Lipinski definition) is 4. The number of fused-ring (bicyclic) bond motifs is 1. The van der Waals surface area contributed by atoms with Gasteiger partial charge in [0.15, 0.2) is 0 Å². The SMILES string of the molecule is CC(C)(C)OC(=O)NC(C(=O)N1C[C@H]2[C@@H](C1C(=O)O)C2(C)C)C1CCC(F)(F)CC1. The molecule has 2 aliphatic carbocycles. The molecule has 9 heteroatoms. The summed E-state index contributed by atoms with van der Waals surface area (Å²) in [6.07, 6.45) is -1.39. The normalized spacial score (nSPS) is 30.9. The van der Waals surface area contributed by atoms with Crippen molar-refractivity contribution >= 4 is 18.0 Å². The highest BCUT2D eigenvalue weighted by molar-refractivity contribution is 5.91. The van der Waals surface area contributed by atoms with Crippen molar-refractivity contribution in [1.29, 1.82) is 0 Å². The molecule has 0 aromatic heterocycles. The van der Waals surface area contributed by atoms with Gasteiger partial charge >= 0.3 is 12.1 Å². The minimum absolute atomic E-state index is 0.0726. The molecule has 0 radical (unpaired) electrons. The van der Waals surface area contributed by atoms with Gasteiger partial charge in [0, 0.05) is 25.3 Å². The topological polar surface area (TPSA) is 95.9 Å². The number of hydrogen-bond donors (Lipinski definition) is 2. The Morgan fingerprint density at radius 3 is 2.23 bits per heavy atom. The maximum Gasteiger partial charge on any atom is 0.408 e. The number of ether oxygens (including phenoxy) is 1. The average Bonchev–Trinajstić information content (AvgIpc) is 2.93. The third-order valence-corrected chi connectivity index (χ3v) is 6.92. The highest BCUT2D eigenvalue weighted by Gasteiger charge is 2.70. The van der Waals surface area contributed by atoms with Crippen molar-refractivity contribution in [2.45, 2.75) is 83.9 Å². The van der Waals surface area contributed by atoms with Crippen LogP contribution in [0.3, 0.4) is 0 Å². The Morgan fingerprint density at radius 2 is 1.73 bits per heavy atom. The van der Waals surface area contributed by atoms with E-state index in [0.29, 0.717) is 6.54 Å². The molecule has 0 aromatic rings. The van der Waals surface area contributed by atoms with Gasteiger partial charge in [-0.05, 0) is 50.9 Å². The number of carbonyl (C=O) groups excluding carboxylic acids is 2. The molecule has 30 heavy (non-hydrogen) atoms. The molecule has 2 N–H and O–H groups in total. The molecule has 7 nitrogen and oxygen atoms in total. The number of nitrogens with one attached hydrogen (secondary N) is 1. The van der Waals surface area contributed by atoms with Gasteiger partial charge in [-0.3, -0.25) is 4.79 Å². The van der Waals surface area contributed by atoms with Gasteiger partial charge in [0.1, 0.15) is 17.7 Å². The molecule has 170 valence electrons. The summed E-state index contributed by atoms with van der Waals surface area (Å²) < 4.78 is 32.6. The second-order valence-corrected chi connectivity index (χ2v) is 10.5. The molecule has 0 aromatic carbocycles. The van der Waals surface area contributed by atoms with Gasteiger partial charge in [0.05, 0.1) is 0 Å². The largest absolute Gasteiger partial charge is 0.480 e. The first kappa shape index (κ1) is 22.7. The summed E-state index contributed by atoms with van der Waals surface area (Å²) in [7, 11) is 0. The van der Waals surface area contributed by atoms with Gasteiger partial charge in [0.2, 0.25) is 11.8 Å². The van der Waals surface area contributed by atoms with Crippen LogP contribution in [0.15, 0.2) is 0 Å². The smallest absolute Gasteiger partial charge is 0.408 e. The summed E-state index contributed by atoms with van der Waals surface area (Å²) in [5, 5.41) is 12.3. The summed E-state index contributed by atoms with van der Waals surface area (Å²) >= 11 is 0. The Bertz CT molecular complexity index is 723. The molecular weight excluding hydrogens is 398 g/mol. The third-order valence-electron chi connectivity index (χ3n) is 6.92. The van der Waals surface area contributed by atoms with Gasteiger partial charge in [-0.25, -0.2) is 18.4 Å². The number of carboxylic acid groups (broad SMARTS) is 1. The molecule has 1 aliphatic heterocycles. The van der Waals surface area contributed by atoms with Crippen LogP contribution in [0.5, 0.6) is 0 Å². The van der Waals surface area contributed by atoms with Crippen molar-refractivity contribution in [2.24, 2.45) is 23.2 Å². The molecule has 2 unspecified atom stereocenters. The summed E-state index contributed by atoms with van der Waals surface area (Å²) in [6, 6.07) is -2.05. The number of halogens is 2. The van der Waals surface area contributed by atoms with E-state index in [4.69, 9.17) is 4.74 Å². The predicted molar refractivity (Wildman–Crippen MR) is 104 cm³/mol. The summed E-state index contributed by atoms with van der Waals surface area (Å²) in [4.78, 5) is 39.0. The van der Waals surface area contributed by atoms with Crippen molar-refractivity contribution in [3.63, 3.8) is 0 Å². The predicted octanol–water partition coefficient (Wildman–Crippen LogP) is 3.27. The summed E-state index contributed by atoms with van der Waals surface area (Å²) in [5.41, 5.74) is -0.943. The van der Waals surface area contributed by atoms with E-state index in [2.05, 4.69) is 5.32 Å². The number of likely N-dealkylation sites (tertiary alicyclic amines) is 1. The maximum atomic E-state index is 13.7. The molecule has 1 heterocycles. The number of alkyl carbamates (subject to hydrolysis) is 1. The summed E-state index contributed by atoms with van der Waals surface area (Å²) in [5.74, 6) is -4.93. The lowest BCUT2D eigenvalue weighted by Gasteiger charge is -2.37. The maximum absolute atomic E-state index is 13.7. The van der Waals surface area contributed by atoms with E-state index >= 15 is 0 Å². The van der Waals surface area contributed by atoms with Crippen molar-refractivity contribution in [2.75, 3.05) is 6.54 Å². The highest BCUT2D eigenvalue weighted by Crippen LogP contribution is 2.65. The quantitative estimate of drug-likeness (QED) is 0.714. The lowest BCUT2D eigenvalue weighted by atomic mass is 9.81. The first-order chi connectivity index (χ1) is 13.6. The lowest BCUT2D eigenvalue weighted by molar-refractivity contribution is -0.152. The first-order valence-corrected chi connectivity index (χ1v) is 10.5. The van der Waals surface area contributed by atoms with Crippen LogP contribution in [-0.4, -0.2) is 58.1 Å². The van der Waals surface area contributed by atoms with Gasteiger partial charge < -0.3 is 20.1 Å². The van der Waals surface area contributed by atoms with E-state index in [-0.39, 0.29) is 42.9 Å².